The highest BCUT2D eigenvalue weighted by Crippen LogP contribution is 2.32. The van der Waals surface area contributed by atoms with Gasteiger partial charge in [0.1, 0.15) is 11.5 Å². The third-order valence-corrected chi connectivity index (χ3v) is 2.63. The van der Waals surface area contributed by atoms with Gasteiger partial charge in [-0.3, -0.25) is 10.1 Å². The van der Waals surface area contributed by atoms with Gasteiger partial charge < -0.3 is 15.5 Å². The monoisotopic (exact) mass is 238 g/mol. The fraction of sp³-hybridized carbons (Fsp3) is 0.417. The molecule has 0 aliphatic heterocycles. The standard InChI is InChI=1S/C12H18N2O3/c1-7(14-8(2)12(17)13-3)11-9(15)5-4-6-10(11)16/h4-8,14-16H,1-3H3,(H,13,17). The Labute approximate surface area is 100 Å². The summed E-state index contributed by atoms with van der Waals surface area (Å²) >= 11 is 0. The van der Waals surface area contributed by atoms with E-state index in [1.165, 1.54) is 12.1 Å². The second kappa shape index (κ2) is 5.54. The molecule has 4 N–H and O–H groups in total. The van der Waals surface area contributed by atoms with Gasteiger partial charge in [0.25, 0.3) is 0 Å². The highest BCUT2D eigenvalue weighted by atomic mass is 16.3. The van der Waals surface area contributed by atoms with E-state index >= 15 is 0 Å². The molecule has 0 heterocycles. The van der Waals surface area contributed by atoms with Gasteiger partial charge >= 0.3 is 0 Å². The summed E-state index contributed by atoms with van der Waals surface area (Å²) in [5.41, 5.74) is 0.392. The summed E-state index contributed by atoms with van der Waals surface area (Å²) in [6.45, 7) is 3.49. The number of aromatic hydroxyl groups is 2. The Morgan fingerprint density at radius 3 is 2.24 bits per heavy atom. The van der Waals surface area contributed by atoms with Gasteiger partial charge in [-0.25, -0.2) is 0 Å². The van der Waals surface area contributed by atoms with E-state index in [1.807, 2.05) is 0 Å². The van der Waals surface area contributed by atoms with E-state index < -0.39 is 6.04 Å². The molecule has 0 saturated heterocycles. The Hall–Kier alpha value is -1.75. The van der Waals surface area contributed by atoms with Crippen LogP contribution in [0.2, 0.25) is 0 Å². The summed E-state index contributed by atoms with van der Waals surface area (Å²) < 4.78 is 0. The van der Waals surface area contributed by atoms with Crippen molar-refractivity contribution in [2.75, 3.05) is 7.05 Å². The van der Waals surface area contributed by atoms with E-state index in [-0.39, 0.29) is 23.4 Å². The lowest BCUT2D eigenvalue weighted by molar-refractivity contribution is -0.122. The van der Waals surface area contributed by atoms with Crippen LogP contribution in [0.1, 0.15) is 25.5 Å². The number of likely N-dealkylation sites (N-methyl/N-ethyl adjacent to an activating group) is 1. The van der Waals surface area contributed by atoms with Crippen LogP contribution < -0.4 is 10.6 Å². The first-order chi connectivity index (χ1) is 7.97. The van der Waals surface area contributed by atoms with Gasteiger partial charge in [-0.2, -0.15) is 0 Å². The molecule has 0 aliphatic rings. The molecule has 0 aromatic heterocycles. The Morgan fingerprint density at radius 2 is 1.76 bits per heavy atom. The summed E-state index contributed by atoms with van der Waals surface area (Å²) in [6.07, 6.45) is 0. The molecular weight excluding hydrogens is 220 g/mol. The Bertz CT molecular complexity index is 386. The highest BCUT2D eigenvalue weighted by molar-refractivity contribution is 5.81. The summed E-state index contributed by atoms with van der Waals surface area (Å²) in [5.74, 6) is -0.130. The lowest BCUT2D eigenvalue weighted by atomic mass is 10.0. The van der Waals surface area contributed by atoms with Gasteiger partial charge in [0, 0.05) is 13.1 Å². The largest absolute Gasteiger partial charge is 0.507 e. The zero-order chi connectivity index (χ0) is 13.0. The van der Waals surface area contributed by atoms with Crippen molar-refractivity contribution in [1.29, 1.82) is 0 Å². The van der Waals surface area contributed by atoms with Gasteiger partial charge in [-0.1, -0.05) is 6.07 Å². The molecule has 17 heavy (non-hydrogen) atoms. The maximum atomic E-state index is 11.3. The number of phenols is 2. The Morgan fingerprint density at radius 1 is 1.24 bits per heavy atom. The Kier molecular flexibility index (Phi) is 4.34. The van der Waals surface area contributed by atoms with Crippen molar-refractivity contribution >= 4 is 5.91 Å². The van der Waals surface area contributed by atoms with E-state index in [9.17, 15) is 15.0 Å². The molecule has 1 aromatic carbocycles. The molecule has 0 spiro atoms. The van der Waals surface area contributed by atoms with Crippen LogP contribution in [0.5, 0.6) is 11.5 Å². The summed E-state index contributed by atoms with van der Waals surface area (Å²) in [6, 6.07) is 3.82. The van der Waals surface area contributed by atoms with Crippen LogP contribution in [-0.2, 0) is 4.79 Å². The molecule has 0 fully saturated rings. The Balaban J connectivity index is 2.83. The molecule has 1 aromatic rings. The second-order valence-electron chi connectivity index (χ2n) is 3.93. The zero-order valence-electron chi connectivity index (χ0n) is 10.2. The van der Waals surface area contributed by atoms with Crippen molar-refractivity contribution in [3.63, 3.8) is 0 Å². The van der Waals surface area contributed by atoms with Crippen LogP contribution in [0.25, 0.3) is 0 Å². The maximum absolute atomic E-state index is 11.3. The summed E-state index contributed by atoms with van der Waals surface area (Å²) in [5, 5.41) is 24.9. The predicted octanol–water partition coefficient (Wildman–Crippen LogP) is 0.883. The van der Waals surface area contributed by atoms with Crippen LogP contribution in [0.15, 0.2) is 18.2 Å². The third kappa shape index (κ3) is 3.10. The molecule has 5 nitrogen and oxygen atoms in total. The molecule has 2 unspecified atom stereocenters. The number of rotatable bonds is 4. The molecular formula is C12H18N2O3. The van der Waals surface area contributed by atoms with Crippen LogP contribution in [0, 0.1) is 0 Å². The smallest absolute Gasteiger partial charge is 0.236 e. The third-order valence-electron chi connectivity index (χ3n) is 2.63. The topological polar surface area (TPSA) is 81.6 Å². The number of carbonyl (C=O) groups excluding carboxylic acids is 1. The van der Waals surface area contributed by atoms with E-state index in [0.717, 1.165) is 0 Å². The molecule has 0 aliphatic carbocycles. The van der Waals surface area contributed by atoms with Crippen LogP contribution in [-0.4, -0.2) is 29.2 Å². The van der Waals surface area contributed by atoms with Crippen LogP contribution in [0.4, 0.5) is 0 Å². The van der Waals surface area contributed by atoms with Gasteiger partial charge in [0.2, 0.25) is 5.91 Å². The van der Waals surface area contributed by atoms with Crippen LogP contribution in [0.3, 0.4) is 0 Å². The highest BCUT2D eigenvalue weighted by Gasteiger charge is 2.19. The number of phenolic OH excluding ortho intramolecular Hbond substituents is 2. The lowest BCUT2D eigenvalue weighted by Crippen LogP contribution is -2.41. The van der Waals surface area contributed by atoms with Crippen molar-refractivity contribution < 1.29 is 15.0 Å². The number of amides is 1. The van der Waals surface area contributed by atoms with Crippen molar-refractivity contribution in [3.05, 3.63) is 23.8 Å². The molecule has 0 bridgehead atoms. The second-order valence-corrected chi connectivity index (χ2v) is 3.93. The summed E-state index contributed by atoms with van der Waals surface area (Å²) in [4.78, 5) is 11.3. The van der Waals surface area contributed by atoms with Crippen molar-refractivity contribution in [1.82, 2.24) is 10.6 Å². The van der Waals surface area contributed by atoms with E-state index in [1.54, 1.807) is 27.0 Å². The average Bonchev–Trinajstić information content (AvgIpc) is 2.27. The van der Waals surface area contributed by atoms with E-state index in [2.05, 4.69) is 10.6 Å². The van der Waals surface area contributed by atoms with Gasteiger partial charge in [0.15, 0.2) is 0 Å². The number of benzene rings is 1. The first kappa shape index (κ1) is 13.3. The van der Waals surface area contributed by atoms with Crippen molar-refractivity contribution in [2.24, 2.45) is 0 Å². The normalized spacial score (nSPS) is 14.1. The SMILES string of the molecule is CNC(=O)C(C)NC(C)c1c(O)cccc1O. The fourth-order valence-electron chi connectivity index (χ4n) is 1.74. The van der Waals surface area contributed by atoms with Crippen molar-refractivity contribution in [2.45, 2.75) is 25.9 Å². The molecule has 2 atom stereocenters. The number of carbonyl (C=O) groups is 1. The fourth-order valence-corrected chi connectivity index (χ4v) is 1.74. The van der Waals surface area contributed by atoms with Gasteiger partial charge in [0.05, 0.1) is 11.6 Å². The molecule has 0 saturated carbocycles. The molecule has 94 valence electrons. The number of hydrogen-bond acceptors (Lipinski definition) is 4. The summed E-state index contributed by atoms with van der Waals surface area (Å²) in [7, 11) is 1.56. The molecule has 5 heteroatoms. The average molecular weight is 238 g/mol. The zero-order valence-corrected chi connectivity index (χ0v) is 10.2. The van der Waals surface area contributed by atoms with Gasteiger partial charge in [-0.15, -0.1) is 0 Å². The first-order valence-corrected chi connectivity index (χ1v) is 5.45. The molecule has 0 radical (unpaired) electrons. The van der Waals surface area contributed by atoms with Crippen molar-refractivity contribution in [3.8, 4) is 11.5 Å². The minimum Gasteiger partial charge on any atom is -0.507 e. The van der Waals surface area contributed by atoms with E-state index in [0.29, 0.717) is 5.56 Å². The number of nitrogens with one attached hydrogen (secondary N) is 2. The minimum atomic E-state index is -0.408. The molecule has 1 rings (SSSR count). The van der Waals surface area contributed by atoms with E-state index in [4.69, 9.17) is 0 Å². The van der Waals surface area contributed by atoms with Gasteiger partial charge in [-0.05, 0) is 26.0 Å². The number of hydrogen-bond donors (Lipinski definition) is 4. The predicted molar refractivity (Wildman–Crippen MR) is 64.9 cm³/mol. The lowest BCUT2D eigenvalue weighted by Gasteiger charge is -2.20. The minimum absolute atomic E-state index is 0.00843. The first-order valence-electron chi connectivity index (χ1n) is 5.45. The quantitative estimate of drug-likeness (QED) is 0.627. The van der Waals surface area contributed by atoms with Crippen LogP contribution >= 0.6 is 0 Å². The maximum Gasteiger partial charge on any atom is 0.236 e. The molecule has 1 amide bonds.